The van der Waals surface area contributed by atoms with Crippen LogP contribution in [0.25, 0.3) is 11.1 Å². The summed E-state index contributed by atoms with van der Waals surface area (Å²) < 4.78 is 0. The molecule has 82 valence electrons. The Bertz CT molecular complexity index is 519. The standard InChI is InChI=1S/C11H11ClN4/c1-6-9(13)3-8(4-14-6)10-7(2)15-5-16-11(10)12/h3-5H,13H2,1-2H3. The number of hydrogen-bond donors (Lipinski definition) is 1. The number of nitrogens with two attached hydrogens (primary N) is 1. The minimum absolute atomic E-state index is 0.414. The molecule has 2 aromatic rings. The molecule has 0 radical (unpaired) electrons. The smallest absolute Gasteiger partial charge is 0.140 e. The van der Waals surface area contributed by atoms with Crippen LogP contribution in [0, 0.1) is 13.8 Å². The van der Waals surface area contributed by atoms with Crippen molar-refractivity contribution < 1.29 is 0 Å². The van der Waals surface area contributed by atoms with Gasteiger partial charge in [0.1, 0.15) is 11.5 Å². The van der Waals surface area contributed by atoms with Crippen molar-refractivity contribution in [3.05, 3.63) is 35.1 Å². The SMILES string of the molecule is Cc1ncc(-c2c(C)ncnc2Cl)cc1N. The molecule has 0 spiro atoms. The number of halogens is 1. The summed E-state index contributed by atoms with van der Waals surface area (Å²) >= 11 is 6.04. The first-order valence-electron chi connectivity index (χ1n) is 4.79. The van der Waals surface area contributed by atoms with Gasteiger partial charge in [-0.2, -0.15) is 0 Å². The van der Waals surface area contributed by atoms with E-state index in [4.69, 9.17) is 17.3 Å². The van der Waals surface area contributed by atoms with Crippen LogP contribution in [0.15, 0.2) is 18.6 Å². The van der Waals surface area contributed by atoms with Crippen molar-refractivity contribution in [1.29, 1.82) is 0 Å². The van der Waals surface area contributed by atoms with E-state index < -0.39 is 0 Å². The molecule has 2 heterocycles. The first-order chi connectivity index (χ1) is 7.59. The molecule has 0 unspecified atom stereocenters. The van der Waals surface area contributed by atoms with Crippen LogP contribution in [0.5, 0.6) is 0 Å². The zero-order valence-corrected chi connectivity index (χ0v) is 9.78. The summed E-state index contributed by atoms with van der Waals surface area (Å²) in [5, 5.41) is 0.414. The van der Waals surface area contributed by atoms with E-state index in [1.807, 2.05) is 19.9 Å². The summed E-state index contributed by atoms with van der Waals surface area (Å²) in [6, 6.07) is 1.83. The van der Waals surface area contributed by atoms with Crippen molar-refractivity contribution in [2.45, 2.75) is 13.8 Å². The minimum atomic E-state index is 0.414. The molecule has 0 atom stereocenters. The molecule has 2 N–H and O–H groups in total. The highest BCUT2D eigenvalue weighted by atomic mass is 35.5. The predicted molar refractivity (Wildman–Crippen MR) is 64.2 cm³/mol. The van der Waals surface area contributed by atoms with Crippen LogP contribution >= 0.6 is 11.6 Å². The normalized spacial score (nSPS) is 10.4. The third-order valence-electron chi connectivity index (χ3n) is 2.41. The lowest BCUT2D eigenvalue weighted by atomic mass is 10.1. The highest BCUT2D eigenvalue weighted by molar-refractivity contribution is 6.32. The van der Waals surface area contributed by atoms with Crippen molar-refractivity contribution in [2.75, 3.05) is 5.73 Å². The van der Waals surface area contributed by atoms with Crippen LogP contribution in [-0.2, 0) is 0 Å². The van der Waals surface area contributed by atoms with E-state index in [-0.39, 0.29) is 0 Å². The van der Waals surface area contributed by atoms with Gasteiger partial charge in [0.15, 0.2) is 0 Å². The lowest BCUT2D eigenvalue weighted by Crippen LogP contribution is -1.96. The molecule has 0 aromatic carbocycles. The zero-order valence-electron chi connectivity index (χ0n) is 9.03. The minimum Gasteiger partial charge on any atom is -0.397 e. The maximum absolute atomic E-state index is 6.04. The van der Waals surface area contributed by atoms with Gasteiger partial charge in [0.25, 0.3) is 0 Å². The van der Waals surface area contributed by atoms with E-state index >= 15 is 0 Å². The molecule has 0 aliphatic carbocycles. The molecule has 16 heavy (non-hydrogen) atoms. The number of rotatable bonds is 1. The van der Waals surface area contributed by atoms with Crippen LogP contribution < -0.4 is 5.73 Å². The number of hydrogen-bond acceptors (Lipinski definition) is 4. The second-order valence-corrected chi connectivity index (χ2v) is 3.88. The number of pyridine rings is 1. The molecule has 0 aliphatic rings. The van der Waals surface area contributed by atoms with Gasteiger partial charge >= 0.3 is 0 Å². The van der Waals surface area contributed by atoms with Crippen molar-refractivity contribution in [1.82, 2.24) is 15.0 Å². The van der Waals surface area contributed by atoms with E-state index in [9.17, 15) is 0 Å². The van der Waals surface area contributed by atoms with Crippen LogP contribution in [0.4, 0.5) is 5.69 Å². The molecule has 0 saturated heterocycles. The average molecular weight is 235 g/mol. The Balaban J connectivity index is 2.63. The predicted octanol–water partition coefficient (Wildman–Crippen LogP) is 2.39. The third kappa shape index (κ3) is 1.84. The van der Waals surface area contributed by atoms with Crippen LogP contribution in [0.2, 0.25) is 5.15 Å². The van der Waals surface area contributed by atoms with Crippen LogP contribution in [0.3, 0.4) is 0 Å². The van der Waals surface area contributed by atoms with Crippen molar-refractivity contribution in [3.63, 3.8) is 0 Å². The number of anilines is 1. The van der Waals surface area contributed by atoms with Gasteiger partial charge in [-0.05, 0) is 19.9 Å². The quantitative estimate of drug-likeness (QED) is 0.770. The molecule has 0 amide bonds. The molecule has 4 nitrogen and oxygen atoms in total. The average Bonchev–Trinajstić information content (AvgIpc) is 2.23. The lowest BCUT2D eigenvalue weighted by Gasteiger charge is -2.07. The van der Waals surface area contributed by atoms with Crippen LogP contribution in [0.1, 0.15) is 11.4 Å². The Kier molecular flexibility index (Phi) is 2.75. The maximum atomic E-state index is 6.04. The molecule has 0 aliphatic heterocycles. The van der Waals surface area contributed by atoms with Crippen LogP contribution in [-0.4, -0.2) is 15.0 Å². The fraction of sp³-hybridized carbons (Fsp3) is 0.182. The van der Waals surface area contributed by atoms with Gasteiger partial charge in [0, 0.05) is 17.3 Å². The molecule has 0 fully saturated rings. The number of aryl methyl sites for hydroxylation is 2. The van der Waals surface area contributed by atoms with Gasteiger partial charge in [0.2, 0.25) is 0 Å². The highest BCUT2D eigenvalue weighted by Gasteiger charge is 2.10. The molecular weight excluding hydrogens is 224 g/mol. The summed E-state index contributed by atoms with van der Waals surface area (Å²) in [5.74, 6) is 0. The summed E-state index contributed by atoms with van der Waals surface area (Å²) in [6.45, 7) is 3.73. The lowest BCUT2D eigenvalue weighted by molar-refractivity contribution is 1.10. The maximum Gasteiger partial charge on any atom is 0.140 e. The summed E-state index contributed by atoms with van der Waals surface area (Å²) in [6.07, 6.45) is 3.16. The van der Waals surface area contributed by atoms with E-state index in [0.29, 0.717) is 10.8 Å². The van der Waals surface area contributed by atoms with Crippen molar-refractivity contribution in [3.8, 4) is 11.1 Å². The number of aromatic nitrogens is 3. The Labute approximate surface area is 98.5 Å². The van der Waals surface area contributed by atoms with Gasteiger partial charge < -0.3 is 5.73 Å². The van der Waals surface area contributed by atoms with Gasteiger partial charge in [-0.15, -0.1) is 0 Å². The van der Waals surface area contributed by atoms with Crippen molar-refractivity contribution in [2.24, 2.45) is 0 Å². The molecule has 0 saturated carbocycles. The fourth-order valence-corrected chi connectivity index (χ4v) is 1.75. The second kappa shape index (κ2) is 4.06. The summed E-state index contributed by atoms with van der Waals surface area (Å²) in [4.78, 5) is 12.3. The van der Waals surface area contributed by atoms with E-state index in [2.05, 4.69) is 15.0 Å². The van der Waals surface area contributed by atoms with Crippen molar-refractivity contribution >= 4 is 17.3 Å². The highest BCUT2D eigenvalue weighted by Crippen LogP contribution is 2.29. The third-order valence-corrected chi connectivity index (χ3v) is 2.69. The molecule has 0 bridgehead atoms. The van der Waals surface area contributed by atoms with E-state index in [0.717, 1.165) is 22.5 Å². The summed E-state index contributed by atoms with van der Waals surface area (Å²) in [7, 11) is 0. The second-order valence-electron chi connectivity index (χ2n) is 3.52. The first-order valence-corrected chi connectivity index (χ1v) is 5.17. The Morgan fingerprint density at radius 2 is 1.88 bits per heavy atom. The first kappa shape index (κ1) is 10.8. The monoisotopic (exact) mass is 234 g/mol. The Morgan fingerprint density at radius 3 is 2.50 bits per heavy atom. The van der Waals surface area contributed by atoms with Gasteiger partial charge in [-0.3, -0.25) is 4.98 Å². The number of nitrogen functional groups attached to an aromatic ring is 1. The van der Waals surface area contributed by atoms with Gasteiger partial charge in [-0.25, -0.2) is 9.97 Å². The van der Waals surface area contributed by atoms with E-state index in [1.165, 1.54) is 6.33 Å². The topological polar surface area (TPSA) is 64.7 Å². The molecular formula is C11H11ClN4. The Hall–Kier alpha value is -1.68. The van der Waals surface area contributed by atoms with E-state index in [1.54, 1.807) is 6.20 Å². The fourth-order valence-electron chi connectivity index (χ4n) is 1.46. The Morgan fingerprint density at radius 1 is 1.12 bits per heavy atom. The molecule has 2 aromatic heterocycles. The number of nitrogens with zero attached hydrogens (tertiary/aromatic N) is 3. The molecule has 2 rings (SSSR count). The largest absolute Gasteiger partial charge is 0.397 e. The summed E-state index contributed by atoms with van der Waals surface area (Å²) in [5.41, 5.74) is 9.68. The van der Waals surface area contributed by atoms with Gasteiger partial charge in [-0.1, -0.05) is 11.6 Å². The van der Waals surface area contributed by atoms with Gasteiger partial charge in [0.05, 0.1) is 17.1 Å². The molecule has 5 heteroatoms. The zero-order chi connectivity index (χ0) is 11.7.